The van der Waals surface area contributed by atoms with Gasteiger partial charge in [0.15, 0.2) is 0 Å². The Morgan fingerprint density at radius 3 is 2.69 bits per heavy atom. The van der Waals surface area contributed by atoms with Crippen LogP contribution in [-0.4, -0.2) is 17.0 Å². The van der Waals surface area contributed by atoms with Crippen LogP contribution in [0.3, 0.4) is 0 Å². The van der Waals surface area contributed by atoms with Gasteiger partial charge in [0, 0.05) is 24.0 Å². The number of aryl methyl sites for hydroxylation is 1. The molecule has 0 aliphatic rings. The van der Waals surface area contributed by atoms with E-state index in [0.29, 0.717) is 24.7 Å². The standard InChI is InChI=1S/C19H27N3O2S.ClH/c1-12(2)7-14(4)24-17-8-13(3)5-6-15(17)10-21-19(23)16-11-25-18(9-20)22-16;/h5-6,8,11-12,14H,7,9-10,20H2,1-4H3,(H,21,23);1H. The number of carbonyl (C=O) groups excluding carboxylic acids is 1. The highest BCUT2D eigenvalue weighted by molar-refractivity contribution is 7.09. The lowest BCUT2D eigenvalue weighted by atomic mass is 10.1. The first-order valence-corrected chi connectivity index (χ1v) is 9.45. The number of nitrogens with two attached hydrogens (primary N) is 1. The lowest BCUT2D eigenvalue weighted by molar-refractivity contribution is 0.0946. The van der Waals surface area contributed by atoms with Crippen LogP contribution in [0.2, 0.25) is 0 Å². The van der Waals surface area contributed by atoms with Gasteiger partial charge in [-0.15, -0.1) is 23.7 Å². The molecule has 0 bridgehead atoms. The monoisotopic (exact) mass is 397 g/mol. The summed E-state index contributed by atoms with van der Waals surface area (Å²) in [5.41, 5.74) is 8.05. The van der Waals surface area contributed by atoms with E-state index < -0.39 is 0 Å². The molecule has 7 heteroatoms. The fourth-order valence-corrected chi connectivity index (χ4v) is 3.28. The van der Waals surface area contributed by atoms with Gasteiger partial charge in [-0.2, -0.15) is 0 Å². The molecule has 26 heavy (non-hydrogen) atoms. The third-order valence-corrected chi connectivity index (χ3v) is 4.62. The maximum Gasteiger partial charge on any atom is 0.271 e. The first-order chi connectivity index (χ1) is 11.9. The van der Waals surface area contributed by atoms with E-state index in [1.165, 1.54) is 11.3 Å². The molecule has 1 aromatic carbocycles. The van der Waals surface area contributed by atoms with Crippen molar-refractivity contribution in [2.75, 3.05) is 0 Å². The summed E-state index contributed by atoms with van der Waals surface area (Å²) in [4.78, 5) is 16.5. The molecule has 0 spiro atoms. The van der Waals surface area contributed by atoms with Crippen LogP contribution in [0, 0.1) is 12.8 Å². The quantitative estimate of drug-likeness (QED) is 0.703. The predicted molar refractivity (Wildman–Crippen MR) is 109 cm³/mol. The zero-order valence-electron chi connectivity index (χ0n) is 15.7. The second-order valence-electron chi connectivity index (χ2n) is 6.68. The van der Waals surface area contributed by atoms with Gasteiger partial charge in [0.25, 0.3) is 5.91 Å². The topological polar surface area (TPSA) is 77.2 Å². The molecule has 0 saturated carbocycles. The first kappa shape index (κ1) is 22.4. The van der Waals surface area contributed by atoms with Crippen LogP contribution >= 0.6 is 23.7 Å². The van der Waals surface area contributed by atoms with Crippen molar-refractivity contribution in [2.24, 2.45) is 11.7 Å². The number of ether oxygens (including phenoxy) is 1. The number of aromatic nitrogens is 1. The molecule has 144 valence electrons. The van der Waals surface area contributed by atoms with Crippen molar-refractivity contribution in [3.63, 3.8) is 0 Å². The summed E-state index contributed by atoms with van der Waals surface area (Å²) in [7, 11) is 0. The van der Waals surface area contributed by atoms with Gasteiger partial charge in [-0.25, -0.2) is 4.98 Å². The molecule has 2 rings (SSSR count). The van der Waals surface area contributed by atoms with Crippen molar-refractivity contribution in [2.45, 2.75) is 53.3 Å². The van der Waals surface area contributed by atoms with E-state index in [1.54, 1.807) is 5.38 Å². The van der Waals surface area contributed by atoms with E-state index in [1.807, 2.05) is 25.1 Å². The molecular weight excluding hydrogens is 370 g/mol. The molecule has 5 nitrogen and oxygen atoms in total. The molecule has 1 aromatic heterocycles. The summed E-state index contributed by atoms with van der Waals surface area (Å²) in [5.74, 6) is 1.21. The largest absolute Gasteiger partial charge is 0.490 e. The summed E-state index contributed by atoms with van der Waals surface area (Å²) in [5, 5.41) is 5.40. The number of thiazole rings is 1. The van der Waals surface area contributed by atoms with Crippen LogP contribution in [0.1, 0.15) is 53.8 Å². The van der Waals surface area contributed by atoms with Crippen LogP contribution in [0.4, 0.5) is 0 Å². The van der Waals surface area contributed by atoms with Crippen molar-refractivity contribution in [3.8, 4) is 5.75 Å². The summed E-state index contributed by atoms with van der Waals surface area (Å²) >= 11 is 1.40. The van der Waals surface area contributed by atoms with Crippen LogP contribution in [0.15, 0.2) is 23.6 Å². The number of carbonyl (C=O) groups is 1. The molecule has 1 amide bonds. The lowest BCUT2D eigenvalue weighted by Gasteiger charge is -2.19. The zero-order valence-corrected chi connectivity index (χ0v) is 17.4. The maximum absolute atomic E-state index is 12.2. The normalized spacial score (nSPS) is 11.8. The lowest BCUT2D eigenvalue weighted by Crippen LogP contribution is -2.24. The Morgan fingerprint density at radius 2 is 2.08 bits per heavy atom. The molecule has 3 N–H and O–H groups in total. The van der Waals surface area contributed by atoms with E-state index in [0.717, 1.165) is 28.3 Å². The molecule has 0 fully saturated rings. The number of amides is 1. The molecule has 1 heterocycles. The van der Waals surface area contributed by atoms with Crippen LogP contribution in [0.5, 0.6) is 5.75 Å². The van der Waals surface area contributed by atoms with E-state index in [4.69, 9.17) is 10.5 Å². The highest BCUT2D eigenvalue weighted by Gasteiger charge is 2.13. The average molecular weight is 398 g/mol. The van der Waals surface area contributed by atoms with Gasteiger partial charge in [0.1, 0.15) is 16.5 Å². The Morgan fingerprint density at radius 1 is 1.35 bits per heavy atom. The highest BCUT2D eigenvalue weighted by atomic mass is 35.5. The van der Waals surface area contributed by atoms with Crippen molar-refractivity contribution in [1.29, 1.82) is 0 Å². The van der Waals surface area contributed by atoms with E-state index in [9.17, 15) is 4.79 Å². The van der Waals surface area contributed by atoms with Crippen molar-refractivity contribution in [3.05, 3.63) is 45.4 Å². The molecule has 0 aliphatic carbocycles. The van der Waals surface area contributed by atoms with Gasteiger partial charge >= 0.3 is 0 Å². The van der Waals surface area contributed by atoms with Gasteiger partial charge in [0.2, 0.25) is 0 Å². The minimum absolute atomic E-state index is 0. The maximum atomic E-state index is 12.2. The van der Waals surface area contributed by atoms with Gasteiger partial charge in [-0.3, -0.25) is 4.79 Å². The van der Waals surface area contributed by atoms with E-state index in [2.05, 4.69) is 31.1 Å². The second-order valence-corrected chi connectivity index (χ2v) is 7.63. The summed E-state index contributed by atoms with van der Waals surface area (Å²) < 4.78 is 6.12. The molecule has 0 saturated heterocycles. The number of nitrogens with zero attached hydrogens (tertiary/aromatic N) is 1. The molecular formula is C19H28ClN3O2S. The minimum atomic E-state index is -0.197. The molecule has 2 aromatic rings. The third kappa shape index (κ3) is 6.59. The Labute approximate surface area is 165 Å². The van der Waals surface area contributed by atoms with Gasteiger partial charge in [-0.1, -0.05) is 26.0 Å². The van der Waals surface area contributed by atoms with Crippen LogP contribution in [-0.2, 0) is 13.1 Å². The smallest absolute Gasteiger partial charge is 0.271 e. The molecule has 1 atom stereocenters. The summed E-state index contributed by atoms with van der Waals surface area (Å²) in [6, 6.07) is 6.05. The van der Waals surface area contributed by atoms with Crippen LogP contribution in [0.25, 0.3) is 0 Å². The van der Waals surface area contributed by atoms with Crippen molar-refractivity contribution >= 4 is 29.7 Å². The second kappa shape index (κ2) is 10.5. The Bertz CT molecular complexity index is 719. The SMILES string of the molecule is Cc1ccc(CNC(=O)c2csc(CN)n2)c(OC(C)CC(C)C)c1.Cl. The van der Waals surface area contributed by atoms with E-state index >= 15 is 0 Å². The molecule has 0 radical (unpaired) electrons. The number of benzene rings is 1. The highest BCUT2D eigenvalue weighted by Crippen LogP contribution is 2.23. The molecule has 0 aliphatic heterocycles. The third-order valence-electron chi connectivity index (χ3n) is 3.75. The van der Waals surface area contributed by atoms with Crippen LogP contribution < -0.4 is 15.8 Å². The Balaban J connectivity index is 0.00000338. The van der Waals surface area contributed by atoms with Crippen molar-refractivity contribution in [1.82, 2.24) is 10.3 Å². The van der Waals surface area contributed by atoms with Gasteiger partial charge < -0.3 is 15.8 Å². The fourth-order valence-electron chi connectivity index (χ4n) is 2.62. The first-order valence-electron chi connectivity index (χ1n) is 8.58. The van der Waals surface area contributed by atoms with Crippen molar-refractivity contribution < 1.29 is 9.53 Å². The predicted octanol–water partition coefficient (Wildman–Crippen LogP) is 4.08. The zero-order chi connectivity index (χ0) is 18.4. The van der Waals surface area contributed by atoms with Gasteiger partial charge in [0.05, 0.1) is 6.10 Å². The van der Waals surface area contributed by atoms with Gasteiger partial charge in [-0.05, 0) is 37.8 Å². The Hall–Kier alpha value is -1.63. The number of halogens is 1. The number of rotatable bonds is 8. The van der Waals surface area contributed by atoms with E-state index in [-0.39, 0.29) is 24.4 Å². The number of nitrogens with one attached hydrogen (secondary N) is 1. The summed E-state index contributed by atoms with van der Waals surface area (Å²) in [6.45, 7) is 9.22. The number of hydrogen-bond acceptors (Lipinski definition) is 5. The number of hydrogen-bond donors (Lipinski definition) is 2. The molecule has 1 unspecified atom stereocenters. The summed E-state index contributed by atoms with van der Waals surface area (Å²) in [6.07, 6.45) is 1.11. The average Bonchev–Trinajstić information content (AvgIpc) is 3.02. The minimum Gasteiger partial charge on any atom is -0.490 e. The Kier molecular flexibility index (Phi) is 9.05. The fraction of sp³-hybridized carbons (Fsp3) is 0.474.